The minimum atomic E-state index is -1.02. The van der Waals surface area contributed by atoms with Crippen LogP contribution in [0.3, 0.4) is 0 Å². The lowest BCUT2D eigenvalue weighted by atomic mass is 9.89. The monoisotopic (exact) mass is 460 g/mol. The number of pyridine rings is 1. The number of aromatic hydroxyl groups is 1. The second-order valence-corrected chi connectivity index (χ2v) is 8.61. The molecule has 0 saturated carbocycles. The van der Waals surface area contributed by atoms with Gasteiger partial charge in [-0.3, -0.25) is 4.90 Å². The maximum atomic E-state index is 11.4. The van der Waals surface area contributed by atoms with Gasteiger partial charge in [0.1, 0.15) is 11.4 Å². The zero-order chi connectivity index (χ0) is 24.1. The summed E-state index contributed by atoms with van der Waals surface area (Å²) in [6.45, 7) is 1.46. The molecule has 0 aliphatic heterocycles. The molecule has 1 heterocycles. The number of carboxylic acid groups (broad SMARTS) is 2. The minimum absolute atomic E-state index is 0.0682. The fraction of sp³-hybridized carbons (Fsp3) is 0.296. The fourth-order valence-electron chi connectivity index (χ4n) is 4.63. The number of phenols is 1. The first-order valence-corrected chi connectivity index (χ1v) is 11.5. The third-order valence-electron chi connectivity index (χ3n) is 6.47. The highest BCUT2D eigenvalue weighted by atomic mass is 16.4. The number of aryl methyl sites for hydroxylation is 1. The number of rotatable bonds is 9. The Labute approximate surface area is 198 Å². The van der Waals surface area contributed by atoms with Gasteiger partial charge < -0.3 is 15.3 Å². The first kappa shape index (κ1) is 23.4. The van der Waals surface area contributed by atoms with Crippen molar-refractivity contribution in [2.75, 3.05) is 13.1 Å². The second kappa shape index (κ2) is 10.5. The van der Waals surface area contributed by atoms with Crippen molar-refractivity contribution in [3.63, 3.8) is 0 Å². The van der Waals surface area contributed by atoms with E-state index in [9.17, 15) is 19.8 Å². The molecule has 34 heavy (non-hydrogen) atoms. The van der Waals surface area contributed by atoms with E-state index in [1.165, 1.54) is 0 Å². The molecular formula is C27H28N2O5. The standard InChI is InChI=1S/C27H28N2O5/c30-25-7-2-1-4-19(25)15-17-29(16-14-18-8-10-20(11-9-18)26(31)32)24-6-3-5-22-21(24)12-13-23(28-22)27(33)34/h1-2,4,7-13,24,30H,3,5-6,14-17H2,(H,31,32)(H,33,34)/t24-/m0/s1. The largest absolute Gasteiger partial charge is 0.508 e. The summed E-state index contributed by atoms with van der Waals surface area (Å²) in [5.74, 6) is -1.68. The van der Waals surface area contributed by atoms with Gasteiger partial charge in [0, 0.05) is 24.8 Å². The number of carboxylic acids is 2. The molecule has 3 aromatic rings. The van der Waals surface area contributed by atoms with Gasteiger partial charge in [-0.15, -0.1) is 0 Å². The molecule has 1 aliphatic rings. The van der Waals surface area contributed by atoms with Crippen LogP contribution in [-0.2, 0) is 19.3 Å². The molecule has 0 bridgehead atoms. The van der Waals surface area contributed by atoms with Crippen molar-refractivity contribution >= 4 is 11.9 Å². The minimum Gasteiger partial charge on any atom is -0.508 e. The summed E-state index contributed by atoms with van der Waals surface area (Å²) >= 11 is 0. The zero-order valence-corrected chi connectivity index (χ0v) is 18.9. The Hall–Kier alpha value is -3.71. The molecule has 7 heteroatoms. The average Bonchev–Trinajstić information content (AvgIpc) is 2.84. The molecule has 3 N–H and O–H groups in total. The first-order valence-electron chi connectivity index (χ1n) is 11.5. The molecule has 0 fully saturated rings. The van der Waals surface area contributed by atoms with E-state index in [0.29, 0.717) is 6.42 Å². The highest BCUT2D eigenvalue weighted by molar-refractivity contribution is 5.87. The van der Waals surface area contributed by atoms with Crippen LogP contribution in [0.4, 0.5) is 0 Å². The number of hydrogen-bond donors (Lipinski definition) is 3. The summed E-state index contributed by atoms with van der Waals surface area (Å²) in [5, 5.41) is 28.7. The first-order chi connectivity index (χ1) is 16.4. The van der Waals surface area contributed by atoms with Gasteiger partial charge in [-0.2, -0.15) is 0 Å². The Kier molecular flexibility index (Phi) is 7.23. The van der Waals surface area contributed by atoms with E-state index in [0.717, 1.165) is 61.2 Å². The van der Waals surface area contributed by atoms with E-state index in [-0.39, 0.29) is 23.0 Å². The van der Waals surface area contributed by atoms with Crippen molar-refractivity contribution in [3.05, 3.63) is 94.3 Å². The number of hydrogen-bond acceptors (Lipinski definition) is 5. The van der Waals surface area contributed by atoms with Gasteiger partial charge in [0.2, 0.25) is 0 Å². The van der Waals surface area contributed by atoms with Gasteiger partial charge in [-0.25, -0.2) is 14.6 Å². The molecule has 0 amide bonds. The fourth-order valence-corrected chi connectivity index (χ4v) is 4.63. The van der Waals surface area contributed by atoms with E-state index in [1.807, 2.05) is 30.3 Å². The Morgan fingerprint density at radius 1 is 0.912 bits per heavy atom. The van der Waals surface area contributed by atoms with Crippen LogP contribution in [0.25, 0.3) is 0 Å². The van der Waals surface area contributed by atoms with Gasteiger partial charge in [0.15, 0.2) is 0 Å². The van der Waals surface area contributed by atoms with Crippen LogP contribution in [0.15, 0.2) is 60.7 Å². The topological polar surface area (TPSA) is 111 Å². The van der Waals surface area contributed by atoms with Crippen molar-refractivity contribution in [1.29, 1.82) is 0 Å². The molecule has 0 unspecified atom stereocenters. The van der Waals surface area contributed by atoms with Crippen molar-refractivity contribution < 1.29 is 24.9 Å². The van der Waals surface area contributed by atoms with Crippen molar-refractivity contribution in [2.45, 2.75) is 38.1 Å². The van der Waals surface area contributed by atoms with Gasteiger partial charge in [0.25, 0.3) is 0 Å². The zero-order valence-electron chi connectivity index (χ0n) is 18.9. The lowest BCUT2D eigenvalue weighted by Gasteiger charge is -2.36. The molecule has 1 aliphatic carbocycles. The SMILES string of the molecule is O=C(O)c1ccc(CCN(CCc2ccccc2O)[C@H]2CCCc3nc(C(=O)O)ccc32)cc1. The number of nitrogens with zero attached hydrogens (tertiary/aromatic N) is 2. The van der Waals surface area contributed by atoms with Crippen LogP contribution in [0.5, 0.6) is 5.75 Å². The summed E-state index contributed by atoms with van der Waals surface area (Å²) in [4.78, 5) is 29.3. The molecule has 0 spiro atoms. The molecule has 2 aromatic carbocycles. The highest BCUT2D eigenvalue weighted by Gasteiger charge is 2.27. The quantitative estimate of drug-likeness (QED) is 0.435. The maximum Gasteiger partial charge on any atom is 0.354 e. The number of carbonyl (C=O) groups is 2. The lowest BCUT2D eigenvalue weighted by Crippen LogP contribution is -2.35. The summed E-state index contributed by atoms with van der Waals surface area (Å²) < 4.78 is 0. The van der Waals surface area contributed by atoms with Crippen molar-refractivity contribution in [2.24, 2.45) is 0 Å². The van der Waals surface area contributed by atoms with Gasteiger partial charge in [0.05, 0.1) is 5.56 Å². The van der Waals surface area contributed by atoms with Crippen LogP contribution in [0.1, 0.15) is 62.1 Å². The molecular weight excluding hydrogens is 432 g/mol. The predicted molar refractivity (Wildman–Crippen MR) is 127 cm³/mol. The van der Waals surface area contributed by atoms with Crippen LogP contribution in [0.2, 0.25) is 0 Å². The smallest absolute Gasteiger partial charge is 0.354 e. The van der Waals surface area contributed by atoms with E-state index in [4.69, 9.17) is 5.11 Å². The van der Waals surface area contributed by atoms with Crippen LogP contribution < -0.4 is 0 Å². The van der Waals surface area contributed by atoms with Gasteiger partial charge in [-0.1, -0.05) is 36.4 Å². The van der Waals surface area contributed by atoms with Crippen LogP contribution >= 0.6 is 0 Å². The Bertz CT molecular complexity index is 1180. The van der Waals surface area contributed by atoms with Crippen molar-refractivity contribution in [1.82, 2.24) is 9.88 Å². The number of aromatic nitrogens is 1. The second-order valence-electron chi connectivity index (χ2n) is 8.61. The third kappa shape index (κ3) is 5.43. The maximum absolute atomic E-state index is 11.4. The molecule has 7 nitrogen and oxygen atoms in total. The highest BCUT2D eigenvalue weighted by Crippen LogP contribution is 2.34. The molecule has 1 aromatic heterocycles. The van der Waals surface area contributed by atoms with Gasteiger partial charge >= 0.3 is 11.9 Å². The summed E-state index contributed by atoms with van der Waals surface area (Å²) in [6, 6.07) is 17.8. The van der Waals surface area contributed by atoms with Gasteiger partial charge in [-0.05, 0) is 73.1 Å². The Morgan fingerprint density at radius 2 is 1.65 bits per heavy atom. The molecule has 176 valence electrons. The number of fused-ring (bicyclic) bond motifs is 1. The van der Waals surface area contributed by atoms with E-state index in [2.05, 4.69) is 9.88 Å². The number of phenolic OH excluding ortho intramolecular Hbond substituents is 1. The third-order valence-corrected chi connectivity index (χ3v) is 6.47. The summed E-state index contributed by atoms with van der Waals surface area (Å²) in [5.41, 5.74) is 4.17. The lowest BCUT2D eigenvalue weighted by molar-refractivity contribution is 0.0682. The molecule has 4 rings (SSSR count). The predicted octanol–water partition coefficient (Wildman–Crippen LogP) is 4.35. The molecule has 0 radical (unpaired) electrons. The van der Waals surface area contributed by atoms with Crippen LogP contribution in [-0.4, -0.2) is 50.2 Å². The summed E-state index contributed by atoms with van der Waals surface area (Å²) in [6.07, 6.45) is 4.05. The average molecular weight is 461 g/mol. The van der Waals surface area contributed by atoms with E-state index < -0.39 is 11.9 Å². The Morgan fingerprint density at radius 3 is 2.35 bits per heavy atom. The normalized spacial score (nSPS) is 15.1. The summed E-state index contributed by atoms with van der Waals surface area (Å²) in [7, 11) is 0. The number of aromatic carboxylic acids is 2. The van der Waals surface area contributed by atoms with Crippen LogP contribution in [0, 0.1) is 0 Å². The number of para-hydroxylation sites is 1. The van der Waals surface area contributed by atoms with E-state index >= 15 is 0 Å². The number of benzene rings is 2. The molecule has 1 atom stereocenters. The van der Waals surface area contributed by atoms with E-state index in [1.54, 1.807) is 30.3 Å². The molecule has 0 saturated heterocycles. The van der Waals surface area contributed by atoms with Crippen molar-refractivity contribution in [3.8, 4) is 5.75 Å². The Balaban J connectivity index is 1.56.